The Hall–Kier alpha value is -1.30. The van der Waals surface area contributed by atoms with E-state index in [0.29, 0.717) is 22.7 Å². The molecule has 0 saturated heterocycles. The van der Waals surface area contributed by atoms with E-state index >= 15 is 0 Å². The number of carbonyl (C=O) groups excluding carboxylic acids is 2. The fourth-order valence-corrected chi connectivity index (χ4v) is 2.83. The van der Waals surface area contributed by atoms with Gasteiger partial charge in [-0.25, -0.2) is 0 Å². The average Bonchev–Trinajstić information content (AvgIpc) is 2.48. The Balaban J connectivity index is 0.00000242. The molecule has 1 aromatic rings. The number of rotatable bonds is 3. The highest BCUT2D eigenvalue weighted by Gasteiger charge is 2.25. The van der Waals surface area contributed by atoms with Crippen LogP contribution in [0.2, 0.25) is 5.02 Å². The quantitative estimate of drug-likeness (QED) is 0.786. The first-order chi connectivity index (χ1) is 10.0. The van der Waals surface area contributed by atoms with Gasteiger partial charge in [0.1, 0.15) is 0 Å². The molecule has 0 aliphatic heterocycles. The summed E-state index contributed by atoms with van der Waals surface area (Å²) in [6, 6.07) is 4.98. The van der Waals surface area contributed by atoms with Crippen LogP contribution in [0.15, 0.2) is 18.2 Å². The van der Waals surface area contributed by atoms with E-state index in [1.54, 1.807) is 18.2 Å². The molecule has 2 unspecified atom stereocenters. The minimum Gasteiger partial charge on any atom is -0.355 e. The number of anilines is 1. The van der Waals surface area contributed by atoms with Gasteiger partial charge in [-0.1, -0.05) is 18.0 Å². The summed E-state index contributed by atoms with van der Waals surface area (Å²) in [6.07, 6.45) is 3.52. The zero-order valence-corrected chi connectivity index (χ0v) is 14.0. The van der Waals surface area contributed by atoms with Crippen molar-refractivity contribution in [2.24, 2.45) is 11.7 Å². The third kappa shape index (κ3) is 4.60. The summed E-state index contributed by atoms with van der Waals surface area (Å²) in [5, 5.41) is 5.72. The summed E-state index contributed by atoms with van der Waals surface area (Å²) in [7, 11) is 1.54. The molecule has 4 N–H and O–H groups in total. The SMILES string of the molecule is CNC(=O)c1cc(NC(=O)C2CCCC(N)C2)ccc1Cl.Cl. The highest BCUT2D eigenvalue weighted by molar-refractivity contribution is 6.34. The van der Waals surface area contributed by atoms with Gasteiger partial charge >= 0.3 is 0 Å². The molecule has 2 amide bonds. The van der Waals surface area contributed by atoms with Crippen LogP contribution >= 0.6 is 24.0 Å². The number of nitrogens with two attached hydrogens (primary N) is 1. The summed E-state index contributed by atoms with van der Waals surface area (Å²) in [4.78, 5) is 23.9. The summed E-state index contributed by atoms with van der Waals surface area (Å²) in [6.45, 7) is 0. The number of amides is 2. The third-order valence-electron chi connectivity index (χ3n) is 3.79. The van der Waals surface area contributed by atoms with E-state index in [1.807, 2.05) is 0 Å². The van der Waals surface area contributed by atoms with Crippen molar-refractivity contribution in [3.05, 3.63) is 28.8 Å². The van der Waals surface area contributed by atoms with E-state index in [0.717, 1.165) is 19.3 Å². The number of hydrogen-bond acceptors (Lipinski definition) is 3. The Morgan fingerprint density at radius 1 is 1.32 bits per heavy atom. The molecular weight excluding hydrogens is 325 g/mol. The van der Waals surface area contributed by atoms with Crippen LogP contribution in [0.4, 0.5) is 5.69 Å². The molecule has 0 radical (unpaired) electrons. The first-order valence-corrected chi connectivity index (χ1v) is 7.47. The average molecular weight is 346 g/mol. The Morgan fingerprint density at radius 2 is 2.05 bits per heavy atom. The number of benzene rings is 1. The van der Waals surface area contributed by atoms with Gasteiger partial charge in [-0.3, -0.25) is 9.59 Å². The Bertz CT molecular complexity index is 552. The topological polar surface area (TPSA) is 84.2 Å². The molecule has 2 rings (SSSR count). The second-order valence-electron chi connectivity index (χ2n) is 5.39. The van der Waals surface area contributed by atoms with Crippen LogP contribution in [0.5, 0.6) is 0 Å². The van der Waals surface area contributed by atoms with E-state index in [4.69, 9.17) is 17.3 Å². The smallest absolute Gasteiger partial charge is 0.252 e. The lowest BCUT2D eigenvalue weighted by atomic mass is 9.85. The molecule has 0 aromatic heterocycles. The lowest BCUT2D eigenvalue weighted by Gasteiger charge is -2.25. The van der Waals surface area contributed by atoms with Crippen LogP contribution < -0.4 is 16.4 Å². The van der Waals surface area contributed by atoms with Gasteiger partial charge in [0.25, 0.3) is 5.91 Å². The van der Waals surface area contributed by atoms with Gasteiger partial charge < -0.3 is 16.4 Å². The van der Waals surface area contributed by atoms with Crippen LogP contribution in [0.3, 0.4) is 0 Å². The highest BCUT2D eigenvalue weighted by Crippen LogP contribution is 2.26. The van der Waals surface area contributed by atoms with Crippen molar-refractivity contribution >= 4 is 41.5 Å². The maximum atomic E-state index is 12.2. The van der Waals surface area contributed by atoms with Crippen LogP contribution in [-0.2, 0) is 4.79 Å². The van der Waals surface area contributed by atoms with Crippen molar-refractivity contribution in [2.75, 3.05) is 12.4 Å². The van der Waals surface area contributed by atoms with Gasteiger partial charge in [-0.2, -0.15) is 0 Å². The molecule has 22 heavy (non-hydrogen) atoms. The molecule has 1 fully saturated rings. The Morgan fingerprint density at radius 3 is 2.68 bits per heavy atom. The molecule has 2 atom stereocenters. The number of hydrogen-bond donors (Lipinski definition) is 3. The normalized spacial score (nSPS) is 20.7. The van der Waals surface area contributed by atoms with Crippen molar-refractivity contribution in [1.29, 1.82) is 0 Å². The molecule has 1 saturated carbocycles. The molecule has 0 bridgehead atoms. The lowest BCUT2D eigenvalue weighted by Crippen LogP contribution is -2.34. The van der Waals surface area contributed by atoms with Crippen molar-refractivity contribution in [1.82, 2.24) is 5.32 Å². The van der Waals surface area contributed by atoms with Gasteiger partial charge in [0.05, 0.1) is 10.6 Å². The second kappa shape index (κ2) is 8.36. The fraction of sp³-hybridized carbons (Fsp3) is 0.467. The predicted octanol–water partition coefficient (Wildman–Crippen LogP) is 2.58. The van der Waals surface area contributed by atoms with Crippen molar-refractivity contribution in [2.45, 2.75) is 31.7 Å². The standard InChI is InChI=1S/C15H20ClN3O2.ClH/c1-18-15(21)12-8-11(5-6-13(12)16)19-14(20)9-3-2-4-10(17)7-9;/h5-6,8-10H,2-4,7,17H2,1H3,(H,18,21)(H,19,20);1H. The zero-order chi connectivity index (χ0) is 15.4. The van der Waals surface area contributed by atoms with E-state index in [2.05, 4.69) is 10.6 Å². The maximum Gasteiger partial charge on any atom is 0.252 e. The molecule has 0 heterocycles. The van der Waals surface area contributed by atoms with E-state index < -0.39 is 0 Å². The van der Waals surface area contributed by atoms with Crippen molar-refractivity contribution in [3.8, 4) is 0 Å². The molecule has 5 nitrogen and oxygen atoms in total. The van der Waals surface area contributed by atoms with Crippen LogP contribution in [0.25, 0.3) is 0 Å². The van der Waals surface area contributed by atoms with Crippen molar-refractivity contribution in [3.63, 3.8) is 0 Å². The molecule has 7 heteroatoms. The first-order valence-electron chi connectivity index (χ1n) is 7.09. The lowest BCUT2D eigenvalue weighted by molar-refractivity contribution is -0.120. The summed E-state index contributed by atoms with van der Waals surface area (Å²) in [5.74, 6) is -0.390. The van der Waals surface area contributed by atoms with Crippen molar-refractivity contribution < 1.29 is 9.59 Å². The van der Waals surface area contributed by atoms with Crippen LogP contribution in [0, 0.1) is 5.92 Å². The molecule has 1 aliphatic rings. The zero-order valence-electron chi connectivity index (χ0n) is 12.4. The predicted molar refractivity (Wildman–Crippen MR) is 90.7 cm³/mol. The Labute approximate surface area is 141 Å². The molecule has 1 aromatic carbocycles. The van der Waals surface area contributed by atoms with Gasteiger partial charge in [-0.15, -0.1) is 12.4 Å². The molecular formula is C15H21Cl2N3O2. The highest BCUT2D eigenvalue weighted by atomic mass is 35.5. The molecule has 1 aliphatic carbocycles. The monoisotopic (exact) mass is 345 g/mol. The summed E-state index contributed by atoms with van der Waals surface area (Å²) >= 11 is 5.98. The summed E-state index contributed by atoms with van der Waals surface area (Å²) < 4.78 is 0. The summed E-state index contributed by atoms with van der Waals surface area (Å²) in [5.41, 5.74) is 6.82. The molecule has 0 spiro atoms. The first kappa shape index (κ1) is 18.7. The number of nitrogens with one attached hydrogen (secondary N) is 2. The molecule has 122 valence electrons. The minimum absolute atomic E-state index is 0. The van der Waals surface area contributed by atoms with E-state index in [-0.39, 0.29) is 36.2 Å². The van der Waals surface area contributed by atoms with Crippen LogP contribution in [-0.4, -0.2) is 24.9 Å². The number of halogens is 2. The largest absolute Gasteiger partial charge is 0.355 e. The third-order valence-corrected chi connectivity index (χ3v) is 4.12. The minimum atomic E-state index is -0.282. The van der Waals surface area contributed by atoms with Gasteiger partial charge in [-0.05, 0) is 37.5 Å². The van der Waals surface area contributed by atoms with Gasteiger partial charge in [0, 0.05) is 24.7 Å². The van der Waals surface area contributed by atoms with Crippen LogP contribution in [0.1, 0.15) is 36.0 Å². The Kier molecular flexibility index (Phi) is 7.13. The number of carbonyl (C=O) groups is 2. The maximum absolute atomic E-state index is 12.2. The fourth-order valence-electron chi connectivity index (χ4n) is 2.62. The van der Waals surface area contributed by atoms with Gasteiger partial charge in [0.15, 0.2) is 0 Å². The van der Waals surface area contributed by atoms with E-state index in [1.165, 1.54) is 7.05 Å². The second-order valence-corrected chi connectivity index (χ2v) is 5.79. The van der Waals surface area contributed by atoms with E-state index in [9.17, 15) is 9.59 Å². The van der Waals surface area contributed by atoms with Gasteiger partial charge in [0.2, 0.25) is 5.91 Å².